The van der Waals surface area contributed by atoms with Gasteiger partial charge in [-0.05, 0) is 74.1 Å². The number of aromatic nitrogens is 1. The number of benzene rings is 7. The molecular weight excluding hydrogens is 520 g/mol. The van der Waals surface area contributed by atoms with Crippen molar-refractivity contribution in [3.8, 4) is 22.3 Å². The molecule has 8 aromatic rings. The molecule has 8 rings (SSSR count). The first-order valence-electron chi connectivity index (χ1n) is 14.6. The molecule has 2 nitrogen and oxygen atoms in total. The van der Waals surface area contributed by atoms with Gasteiger partial charge in [0.1, 0.15) is 5.82 Å². The van der Waals surface area contributed by atoms with Crippen molar-refractivity contribution in [2.24, 2.45) is 0 Å². The molecule has 0 radical (unpaired) electrons. The summed E-state index contributed by atoms with van der Waals surface area (Å²) >= 11 is 0. The largest absolute Gasteiger partial charge is 0.294 e. The fraction of sp³-hybridized carbons (Fsp3) is 0. The molecule has 0 saturated heterocycles. The lowest BCUT2D eigenvalue weighted by atomic mass is 9.89. The van der Waals surface area contributed by atoms with E-state index in [9.17, 15) is 0 Å². The van der Waals surface area contributed by atoms with Gasteiger partial charge < -0.3 is 0 Å². The van der Waals surface area contributed by atoms with E-state index in [1.807, 2.05) is 12.3 Å². The van der Waals surface area contributed by atoms with Crippen LogP contribution in [-0.2, 0) is 0 Å². The second kappa shape index (κ2) is 10.6. The van der Waals surface area contributed by atoms with Gasteiger partial charge in [-0.1, -0.05) is 133 Å². The maximum atomic E-state index is 4.87. The van der Waals surface area contributed by atoms with E-state index in [-0.39, 0.29) is 0 Å². The molecule has 0 unspecified atom stereocenters. The van der Waals surface area contributed by atoms with E-state index in [4.69, 9.17) is 4.98 Å². The Morgan fingerprint density at radius 3 is 1.63 bits per heavy atom. The van der Waals surface area contributed by atoms with Crippen LogP contribution in [0.2, 0.25) is 0 Å². The average Bonchev–Trinajstić information content (AvgIpc) is 3.09. The Bertz CT molecular complexity index is 2160. The van der Waals surface area contributed by atoms with Crippen LogP contribution in [0.4, 0.5) is 17.2 Å². The van der Waals surface area contributed by atoms with Crippen molar-refractivity contribution in [1.82, 2.24) is 4.98 Å². The van der Waals surface area contributed by atoms with E-state index in [2.05, 4.69) is 163 Å². The monoisotopic (exact) mass is 548 g/mol. The van der Waals surface area contributed by atoms with Crippen LogP contribution in [-0.4, -0.2) is 4.98 Å². The highest BCUT2D eigenvalue weighted by Crippen LogP contribution is 2.47. The fourth-order valence-corrected chi connectivity index (χ4v) is 6.30. The number of rotatable bonds is 5. The Hall–Kier alpha value is -5.73. The summed E-state index contributed by atoms with van der Waals surface area (Å²) in [5.74, 6) is 0.878. The third kappa shape index (κ3) is 4.41. The van der Waals surface area contributed by atoms with Gasteiger partial charge in [0.15, 0.2) is 0 Å². The minimum Gasteiger partial charge on any atom is -0.294 e. The van der Waals surface area contributed by atoms with Crippen LogP contribution in [0.5, 0.6) is 0 Å². The zero-order chi connectivity index (χ0) is 28.6. The number of hydrogen-bond donors (Lipinski definition) is 0. The van der Waals surface area contributed by atoms with Crippen LogP contribution in [0.25, 0.3) is 54.6 Å². The van der Waals surface area contributed by atoms with Gasteiger partial charge in [-0.2, -0.15) is 0 Å². The zero-order valence-corrected chi connectivity index (χ0v) is 23.6. The van der Waals surface area contributed by atoms with Gasteiger partial charge in [0.05, 0.1) is 5.69 Å². The molecule has 202 valence electrons. The van der Waals surface area contributed by atoms with Gasteiger partial charge in [0.2, 0.25) is 0 Å². The molecule has 0 aliphatic rings. The third-order valence-electron chi connectivity index (χ3n) is 8.28. The van der Waals surface area contributed by atoms with Crippen LogP contribution >= 0.6 is 0 Å². The lowest BCUT2D eigenvalue weighted by Crippen LogP contribution is -2.12. The van der Waals surface area contributed by atoms with Crippen molar-refractivity contribution in [2.75, 3.05) is 4.90 Å². The van der Waals surface area contributed by atoms with Crippen molar-refractivity contribution in [1.29, 1.82) is 0 Å². The quantitative estimate of drug-likeness (QED) is 0.199. The van der Waals surface area contributed by atoms with E-state index < -0.39 is 0 Å². The summed E-state index contributed by atoms with van der Waals surface area (Å²) in [5, 5.41) is 7.29. The molecule has 0 spiro atoms. The van der Waals surface area contributed by atoms with E-state index in [0.29, 0.717) is 0 Å². The molecule has 0 N–H and O–H groups in total. The smallest absolute Gasteiger partial charge is 0.137 e. The summed E-state index contributed by atoms with van der Waals surface area (Å²) in [7, 11) is 0. The van der Waals surface area contributed by atoms with Crippen molar-refractivity contribution >= 4 is 49.5 Å². The molecule has 1 aromatic heterocycles. The van der Waals surface area contributed by atoms with Crippen molar-refractivity contribution in [3.63, 3.8) is 0 Å². The van der Waals surface area contributed by atoms with Gasteiger partial charge in [0.25, 0.3) is 0 Å². The van der Waals surface area contributed by atoms with Gasteiger partial charge >= 0.3 is 0 Å². The van der Waals surface area contributed by atoms with Crippen LogP contribution in [0.3, 0.4) is 0 Å². The summed E-state index contributed by atoms with van der Waals surface area (Å²) in [6, 6.07) is 58.4. The number of pyridine rings is 1. The standard InChI is InChI=1S/C41H28N2/c1-2-12-29(13-3-1)31-23-25-34(26-24-31)43(39-20-10-11-27-42-39)41-37-18-8-6-16-35(37)40(36-17-7-9-19-38(36)41)33-22-21-30-14-4-5-15-32(30)28-33/h1-28H. The maximum Gasteiger partial charge on any atom is 0.137 e. The first-order chi connectivity index (χ1) is 21.3. The molecule has 0 saturated carbocycles. The van der Waals surface area contributed by atoms with E-state index in [0.717, 1.165) is 17.2 Å². The Labute approximate surface area is 251 Å². The summed E-state index contributed by atoms with van der Waals surface area (Å²) in [5.41, 5.74) is 7.05. The number of anilines is 3. The van der Waals surface area contributed by atoms with Crippen LogP contribution in [0.1, 0.15) is 0 Å². The van der Waals surface area contributed by atoms with Crippen molar-refractivity contribution < 1.29 is 0 Å². The molecule has 0 atom stereocenters. The molecule has 1 heterocycles. The Morgan fingerprint density at radius 2 is 0.953 bits per heavy atom. The summed E-state index contributed by atoms with van der Waals surface area (Å²) in [4.78, 5) is 7.18. The number of hydrogen-bond acceptors (Lipinski definition) is 2. The van der Waals surface area contributed by atoms with Gasteiger partial charge in [0, 0.05) is 22.7 Å². The molecule has 0 bridgehead atoms. The second-order valence-corrected chi connectivity index (χ2v) is 10.8. The summed E-state index contributed by atoms with van der Waals surface area (Å²) in [6.45, 7) is 0. The third-order valence-corrected chi connectivity index (χ3v) is 8.28. The molecule has 0 amide bonds. The number of fused-ring (bicyclic) bond motifs is 3. The van der Waals surface area contributed by atoms with Crippen LogP contribution < -0.4 is 4.90 Å². The highest BCUT2D eigenvalue weighted by molar-refractivity contribution is 6.22. The lowest BCUT2D eigenvalue weighted by molar-refractivity contribution is 1.19. The molecule has 0 aliphatic carbocycles. The topological polar surface area (TPSA) is 16.1 Å². The first kappa shape index (κ1) is 25.0. The van der Waals surface area contributed by atoms with Crippen molar-refractivity contribution in [3.05, 3.63) is 170 Å². The predicted molar refractivity (Wildman–Crippen MR) is 182 cm³/mol. The summed E-state index contributed by atoms with van der Waals surface area (Å²) < 4.78 is 0. The minimum absolute atomic E-state index is 0.878. The highest BCUT2D eigenvalue weighted by atomic mass is 15.2. The average molecular weight is 549 g/mol. The zero-order valence-electron chi connectivity index (χ0n) is 23.6. The molecule has 0 aliphatic heterocycles. The first-order valence-corrected chi connectivity index (χ1v) is 14.6. The molecule has 43 heavy (non-hydrogen) atoms. The van der Waals surface area contributed by atoms with E-state index in [1.54, 1.807) is 0 Å². The fourth-order valence-electron chi connectivity index (χ4n) is 6.30. The highest BCUT2D eigenvalue weighted by Gasteiger charge is 2.22. The molecule has 2 heteroatoms. The van der Waals surface area contributed by atoms with Crippen LogP contribution in [0, 0.1) is 0 Å². The molecular formula is C41H28N2. The SMILES string of the molecule is c1ccc(-c2ccc(N(c3ccccn3)c3c4ccccc4c(-c4ccc5ccccc5c4)c4ccccc34)cc2)cc1. The summed E-state index contributed by atoms with van der Waals surface area (Å²) in [6.07, 6.45) is 1.87. The van der Waals surface area contributed by atoms with Gasteiger partial charge in [-0.25, -0.2) is 4.98 Å². The minimum atomic E-state index is 0.878. The van der Waals surface area contributed by atoms with Gasteiger partial charge in [-0.15, -0.1) is 0 Å². The Morgan fingerprint density at radius 1 is 0.395 bits per heavy atom. The Balaban J connectivity index is 1.41. The molecule has 0 fully saturated rings. The van der Waals surface area contributed by atoms with Gasteiger partial charge in [-0.3, -0.25) is 4.90 Å². The van der Waals surface area contributed by atoms with E-state index in [1.165, 1.54) is 54.6 Å². The molecule has 7 aromatic carbocycles. The number of nitrogens with zero attached hydrogens (tertiary/aromatic N) is 2. The van der Waals surface area contributed by atoms with E-state index >= 15 is 0 Å². The predicted octanol–water partition coefficient (Wildman–Crippen LogP) is 11.3. The lowest BCUT2D eigenvalue weighted by Gasteiger charge is -2.28. The second-order valence-electron chi connectivity index (χ2n) is 10.8. The normalized spacial score (nSPS) is 11.3. The Kier molecular flexibility index (Phi) is 6.16. The maximum absolute atomic E-state index is 4.87. The van der Waals surface area contributed by atoms with Crippen LogP contribution in [0.15, 0.2) is 170 Å². The van der Waals surface area contributed by atoms with Crippen molar-refractivity contribution in [2.45, 2.75) is 0 Å².